The van der Waals surface area contributed by atoms with Crippen LogP contribution in [-0.4, -0.2) is 17.3 Å². The van der Waals surface area contributed by atoms with Crippen LogP contribution < -0.4 is 4.74 Å². The summed E-state index contributed by atoms with van der Waals surface area (Å²) >= 11 is 1.53. The molecule has 0 spiro atoms. The van der Waals surface area contributed by atoms with Crippen molar-refractivity contribution in [1.82, 2.24) is 10.2 Å². The van der Waals surface area contributed by atoms with E-state index in [-0.39, 0.29) is 5.41 Å². The van der Waals surface area contributed by atoms with Crippen LogP contribution in [0.2, 0.25) is 0 Å². The molecule has 130 valence electrons. The molecule has 0 radical (unpaired) electrons. The Morgan fingerprint density at radius 1 is 1.00 bits per heavy atom. The molecule has 0 aliphatic carbocycles. The molecule has 1 heterocycles. The number of thioether (sulfide) groups is 1. The molecule has 0 saturated heterocycles. The van der Waals surface area contributed by atoms with Crippen LogP contribution in [0.25, 0.3) is 11.5 Å². The molecule has 0 atom stereocenters. The van der Waals surface area contributed by atoms with Gasteiger partial charge in [0.15, 0.2) is 0 Å². The monoisotopic (exact) mass is 354 g/mol. The van der Waals surface area contributed by atoms with Crippen LogP contribution >= 0.6 is 11.8 Å². The Hall–Kier alpha value is -2.27. The van der Waals surface area contributed by atoms with Gasteiger partial charge in [0.25, 0.3) is 11.1 Å². The van der Waals surface area contributed by atoms with Gasteiger partial charge in [0.05, 0.1) is 12.7 Å². The summed E-state index contributed by atoms with van der Waals surface area (Å²) in [6.07, 6.45) is 0. The summed E-state index contributed by atoms with van der Waals surface area (Å²) in [4.78, 5) is 0. The highest BCUT2D eigenvalue weighted by Gasteiger charge is 2.15. The number of hydrogen-bond acceptors (Lipinski definition) is 5. The normalized spacial score (nSPS) is 11.5. The maximum Gasteiger partial charge on any atom is 0.277 e. The largest absolute Gasteiger partial charge is 0.496 e. The minimum absolute atomic E-state index is 0.168. The van der Waals surface area contributed by atoms with Crippen molar-refractivity contribution in [2.24, 2.45) is 0 Å². The van der Waals surface area contributed by atoms with Crippen molar-refractivity contribution < 1.29 is 9.15 Å². The predicted molar refractivity (Wildman–Crippen MR) is 101 cm³/mol. The summed E-state index contributed by atoms with van der Waals surface area (Å²) in [7, 11) is 1.63. The summed E-state index contributed by atoms with van der Waals surface area (Å²) in [6.45, 7) is 6.65. The van der Waals surface area contributed by atoms with E-state index in [0.717, 1.165) is 17.1 Å². The zero-order chi connectivity index (χ0) is 17.9. The number of methoxy groups -OCH3 is 1. The lowest BCUT2D eigenvalue weighted by Gasteiger charge is -2.19. The molecule has 5 heteroatoms. The third kappa shape index (κ3) is 4.23. The molecule has 25 heavy (non-hydrogen) atoms. The SMILES string of the molecule is COc1ccccc1-c1nnc(SCc2ccc(C(C)(C)C)cc2)o1. The molecule has 0 saturated carbocycles. The number of rotatable bonds is 5. The number of para-hydroxylation sites is 1. The van der Waals surface area contributed by atoms with E-state index in [1.807, 2.05) is 24.3 Å². The number of aromatic nitrogens is 2. The average molecular weight is 354 g/mol. The van der Waals surface area contributed by atoms with E-state index in [1.54, 1.807) is 7.11 Å². The quantitative estimate of drug-likeness (QED) is 0.579. The van der Waals surface area contributed by atoms with Crippen LogP contribution in [0.1, 0.15) is 31.9 Å². The smallest absolute Gasteiger partial charge is 0.277 e. The highest BCUT2D eigenvalue weighted by molar-refractivity contribution is 7.98. The molecule has 0 unspecified atom stereocenters. The first-order valence-electron chi connectivity index (χ1n) is 8.16. The fourth-order valence-electron chi connectivity index (χ4n) is 2.44. The van der Waals surface area contributed by atoms with Crippen LogP contribution in [0, 0.1) is 0 Å². The lowest BCUT2D eigenvalue weighted by atomic mass is 9.87. The van der Waals surface area contributed by atoms with Crippen molar-refractivity contribution in [2.45, 2.75) is 37.2 Å². The third-order valence-corrected chi connectivity index (χ3v) is 4.82. The van der Waals surface area contributed by atoms with Crippen LogP contribution in [0.3, 0.4) is 0 Å². The third-order valence-electron chi connectivity index (χ3n) is 3.93. The zero-order valence-electron chi connectivity index (χ0n) is 14.9. The molecule has 0 bridgehead atoms. The van der Waals surface area contributed by atoms with Crippen molar-refractivity contribution in [3.05, 3.63) is 59.7 Å². The molecule has 0 amide bonds. The molecule has 0 fully saturated rings. The van der Waals surface area contributed by atoms with Crippen LogP contribution in [0.4, 0.5) is 0 Å². The van der Waals surface area contributed by atoms with Gasteiger partial charge in [-0.3, -0.25) is 0 Å². The summed E-state index contributed by atoms with van der Waals surface area (Å²) in [6, 6.07) is 16.3. The fourth-order valence-corrected chi connectivity index (χ4v) is 3.16. The van der Waals surface area contributed by atoms with E-state index < -0.39 is 0 Å². The Bertz CT molecular complexity index is 835. The van der Waals surface area contributed by atoms with Crippen molar-refractivity contribution in [3.8, 4) is 17.2 Å². The average Bonchev–Trinajstić information content (AvgIpc) is 3.08. The summed E-state index contributed by atoms with van der Waals surface area (Å²) in [5.41, 5.74) is 3.54. The maximum atomic E-state index is 5.77. The minimum Gasteiger partial charge on any atom is -0.496 e. The Morgan fingerprint density at radius 2 is 1.72 bits per heavy atom. The predicted octanol–water partition coefficient (Wildman–Crippen LogP) is 5.34. The molecule has 0 aliphatic rings. The van der Waals surface area contributed by atoms with Gasteiger partial charge in [0.2, 0.25) is 0 Å². The summed E-state index contributed by atoms with van der Waals surface area (Å²) < 4.78 is 11.1. The Morgan fingerprint density at radius 3 is 2.40 bits per heavy atom. The molecule has 3 rings (SSSR count). The second-order valence-corrected chi connectivity index (χ2v) is 7.74. The zero-order valence-corrected chi connectivity index (χ0v) is 15.8. The van der Waals surface area contributed by atoms with E-state index in [2.05, 4.69) is 55.2 Å². The van der Waals surface area contributed by atoms with Crippen molar-refractivity contribution >= 4 is 11.8 Å². The molecule has 4 nitrogen and oxygen atoms in total. The van der Waals surface area contributed by atoms with Gasteiger partial charge in [-0.15, -0.1) is 10.2 Å². The van der Waals surface area contributed by atoms with Gasteiger partial charge in [0, 0.05) is 5.75 Å². The van der Waals surface area contributed by atoms with Gasteiger partial charge in [-0.1, -0.05) is 68.9 Å². The molecule has 0 N–H and O–H groups in total. The first kappa shape index (κ1) is 17.5. The number of benzene rings is 2. The molecular weight excluding hydrogens is 332 g/mol. The van der Waals surface area contributed by atoms with E-state index >= 15 is 0 Å². The molecular formula is C20H22N2O2S. The second-order valence-electron chi connectivity index (χ2n) is 6.81. The fraction of sp³-hybridized carbons (Fsp3) is 0.300. The number of ether oxygens (including phenoxy) is 1. The lowest BCUT2D eigenvalue weighted by molar-refractivity contribution is 0.411. The van der Waals surface area contributed by atoms with Gasteiger partial charge >= 0.3 is 0 Å². The van der Waals surface area contributed by atoms with Crippen LogP contribution in [-0.2, 0) is 11.2 Å². The molecule has 0 aliphatic heterocycles. The van der Waals surface area contributed by atoms with Crippen molar-refractivity contribution in [3.63, 3.8) is 0 Å². The maximum absolute atomic E-state index is 5.77. The Balaban J connectivity index is 1.68. The van der Waals surface area contributed by atoms with E-state index in [4.69, 9.17) is 9.15 Å². The minimum atomic E-state index is 0.168. The van der Waals surface area contributed by atoms with Crippen LogP contribution in [0.5, 0.6) is 5.75 Å². The first-order chi connectivity index (χ1) is 12.0. The Kier molecular flexibility index (Phi) is 5.13. The molecule has 2 aromatic carbocycles. The van der Waals surface area contributed by atoms with Gasteiger partial charge in [-0.2, -0.15) is 0 Å². The highest BCUT2D eigenvalue weighted by Crippen LogP contribution is 2.31. The topological polar surface area (TPSA) is 48.2 Å². The number of nitrogens with zero attached hydrogens (tertiary/aromatic N) is 2. The van der Waals surface area contributed by atoms with E-state index in [9.17, 15) is 0 Å². The van der Waals surface area contributed by atoms with Crippen molar-refractivity contribution in [2.75, 3.05) is 7.11 Å². The number of hydrogen-bond donors (Lipinski definition) is 0. The van der Waals surface area contributed by atoms with E-state index in [1.165, 1.54) is 22.9 Å². The Labute approximate surface area is 152 Å². The molecule has 3 aromatic rings. The lowest BCUT2D eigenvalue weighted by Crippen LogP contribution is -2.10. The van der Waals surface area contributed by atoms with E-state index in [0.29, 0.717) is 11.1 Å². The first-order valence-corrected chi connectivity index (χ1v) is 9.15. The van der Waals surface area contributed by atoms with Gasteiger partial charge in [-0.05, 0) is 28.7 Å². The summed E-state index contributed by atoms with van der Waals surface area (Å²) in [5.74, 6) is 1.99. The van der Waals surface area contributed by atoms with Crippen molar-refractivity contribution in [1.29, 1.82) is 0 Å². The van der Waals surface area contributed by atoms with Gasteiger partial charge in [-0.25, -0.2) is 0 Å². The standard InChI is InChI=1S/C20H22N2O2S/c1-20(2,3)15-11-9-14(10-12-15)13-25-19-22-21-18(24-19)16-7-5-6-8-17(16)23-4/h5-12H,13H2,1-4H3. The van der Waals surface area contributed by atoms with Gasteiger partial charge < -0.3 is 9.15 Å². The molecule has 1 aromatic heterocycles. The van der Waals surface area contributed by atoms with Gasteiger partial charge in [0.1, 0.15) is 5.75 Å². The summed E-state index contributed by atoms with van der Waals surface area (Å²) in [5, 5.41) is 8.82. The van der Waals surface area contributed by atoms with Crippen LogP contribution in [0.15, 0.2) is 58.2 Å². The highest BCUT2D eigenvalue weighted by atomic mass is 32.2. The second kappa shape index (κ2) is 7.31.